The highest BCUT2D eigenvalue weighted by Crippen LogP contribution is 2.28. The third-order valence-corrected chi connectivity index (χ3v) is 3.47. The molecule has 21 heavy (non-hydrogen) atoms. The van der Waals surface area contributed by atoms with Gasteiger partial charge >= 0.3 is 5.97 Å². The Bertz CT molecular complexity index is 700. The molecule has 2 aromatic rings. The van der Waals surface area contributed by atoms with Crippen LogP contribution in [-0.4, -0.2) is 24.1 Å². The van der Waals surface area contributed by atoms with Crippen molar-refractivity contribution in [1.82, 2.24) is 0 Å². The number of anilines is 1. The number of halogens is 1. The summed E-state index contributed by atoms with van der Waals surface area (Å²) in [4.78, 5) is 23.3. The van der Waals surface area contributed by atoms with Crippen LogP contribution in [0.15, 0.2) is 46.9 Å². The van der Waals surface area contributed by atoms with Crippen LogP contribution in [-0.2, 0) is 0 Å². The Morgan fingerprint density at radius 2 is 1.81 bits per heavy atom. The number of nitrogens with one attached hydrogen (secondary N) is 1. The number of hydrogen-bond donors (Lipinski definition) is 2. The molecular weight excluding hydrogens is 338 g/mol. The lowest BCUT2D eigenvalue weighted by Gasteiger charge is -2.10. The molecule has 2 N–H and O–H groups in total. The Balaban J connectivity index is 2.28. The molecule has 6 heteroatoms. The number of aromatic carboxylic acids is 1. The van der Waals surface area contributed by atoms with E-state index >= 15 is 0 Å². The lowest BCUT2D eigenvalue weighted by atomic mass is 10.1. The topological polar surface area (TPSA) is 75.6 Å². The van der Waals surface area contributed by atoms with Gasteiger partial charge in [0.05, 0.1) is 22.7 Å². The van der Waals surface area contributed by atoms with Gasteiger partial charge in [0.15, 0.2) is 0 Å². The number of carbonyl (C=O) groups is 2. The second kappa shape index (κ2) is 6.41. The summed E-state index contributed by atoms with van der Waals surface area (Å²) in [7, 11) is 1.52. The molecule has 0 spiro atoms. The van der Waals surface area contributed by atoms with Gasteiger partial charge in [-0.25, -0.2) is 4.79 Å². The summed E-state index contributed by atoms with van der Waals surface area (Å²) in [6.45, 7) is 0. The van der Waals surface area contributed by atoms with Crippen LogP contribution in [0.1, 0.15) is 20.7 Å². The van der Waals surface area contributed by atoms with E-state index in [2.05, 4.69) is 21.2 Å². The van der Waals surface area contributed by atoms with Crippen LogP contribution < -0.4 is 10.1 Å². The Kier molecular flexibility index (Phi) is 4.59. The minimum Gasteiger partial charge on any atom is -0.495 e. The van der Waals surface area contributed by atoms with Crippen molar-refractivity contribution in [3.05, 3.63) is 58.1 Å². The summed E-state index contributed by atoms with van der Waals surface area (Å²) in [6.07, 6.45) is 0. The number of amides is 1. The number of carbonyl (C=O) groups excluding carboxylic acids is 1. The summed E-state index contributed by atoms with van der Waals surface area (Å²) >= 11 is 3.32. The van der Waals surface area contributed by atoms with Crippen molar-refractivity contribution in [3.8, 4) is 5.75 Å². The highest BCUT2D eigenvalue weighted by Gasteiger charge is 2.16. The van der Waals surface area contributed by atoms with Crippen LogP contribution >= 0.6 is 15.9 Å². The summed E-state index contributed by atoms with van der Waals surface area (Å²) < 4.78 is 5.90. The standard InChI is InChI=1S/C15H12BrNO4/c1-21-13-8-9(6-7-12(13)16)17-14(18)10-4-2-3-5-11(10)15(19)20/h2-8H,1H3,(H,17,18)(H,19,20). The van der Waals surface area contributed by atoms with Crippen molar-refractivity contribution in [2.45, 2.75) is 0 Å². The highest BCUT2D eigenvalue weighted by molar-refractivity contribution is 9.10. The number of benzene rings is 2. The molecule has 0 radical (unpaired) electrons. The summed E-state index contributed by atoms with van der Waals surface area (Å²) in [5, 5.41) is 11.7. The van der Waals surface area contributed by atoms with Gasteiger partial charge in [-0.3, -0.25) is 4.79 Å². The number of rotatable bonds is 4. The maximum atomic E-state index is 12.2. The third-order valence-electron chi connectivity index (χ3n) is 2.81. The maximum Gasteiger partial charge on any atom is 0.336 e. The molecule has 0 bridgehead atoms. The first-order valence-electron chi connectivity index (χ1n) is 6.00. The van der Waals surface area contributed by atoms with Gasteiger partial charge in [0.25, 0.3) is 5.91 Å². The zero-order valence-corrected chi connectivity index (χ0v) is 12.7. The normalized spacial score (nSPS) is 10.0. The summed E-state index contributed by atoms with van der Waals surface area (Å²) in [5.74, 6) is -1.06. The molecule has 2 aromatic carbocycles. The van der Waals surface area contributed by atoms with Crippen LogP contribution in [0, 0.1) is 0 Å². The number of carboxylic acids is 1. The quantitative estimate of drug-likeness (QED) is 0.886. The van der Waals surface area contributed by atoms with E-state index < -0.39 is 11.9 Å². The predicted molar refractivity (Wildman–Crippen MR) is 82.0 cm³/mol. The first kappa shape index (κ1) is 15.1. The number of methoxy groups -OCH3 is 1. The van der Waals surface area contributed by atoms with Crippen LogP contribution in [0.5, 0.6) is 5.75 Å². The second-order valence-electron chi connectivity index (χ2n) is 4.15. The molecule has 1 amide bonds. The first-order chi connectivity index (χ1) is 10.0. The minimum atomic E-state index is -1.14. The Labute approximate surface area is 129 Å². The molecule has 5 nitrogen and oxygen atoms in total. The van der Waals surface area contributed by atoms with Crippen LogP contribution in [0.2, 0.25) is 0 Å². The SMILES string of the molecule is COc1cc(NC(=O)c2ccccc2C(=O)O)ccc1Br. The molecule has 0 heterocycles. The second-order valence-corrected chi connectivity index (χ2v) is 5.01. The molecule has 2 rings (SSSR count). The van der Waals surface area contributed by atoms with E-state index in [0.29, 0.717) is 11.4 Å². The Morgan fingerprint density at radius 3 is 2.43 bits per heavy atom. The highest BCUT2D eigenvalue weighted by atomic mass is 79.9. The molecule has 0 aromatic heterocycles. The van der Waals surface area contributed by atoms with Crippen molar-refractivity contribution >= 4 is 33.5 Å². The monoisotopic (exact) mass is 349 g/mol. The minimum absolute atomic E-state index is 0.0425. The number of ether oxygens (including phenoxy) is 1. The molecule has 0 unspecified atom stereocenters. The molecule has 0 aliphatic heterocycles. The fourth-order valence-corrected chi connectivity index (χ4v) is 2.21. The van der Waals surface area contributed by atoms with E-state index in [4.69, 9.17) is 9.84 Å². The van der Waals surface area contributed by atoms with Gasteiger partial charge in [-0.1, -0.05) is 12.1 Å². The van der Waals surface area contributed by atoms with Crippen LogP contribution in [0.25, 0.3) is 0 Å². The Hall–Kier alpha value is -2.34. The fourth-order valence-electron chi connectivity index (χ4n) is 1.80. The molecule has 0 atom stereocenters. The molecule has 0 saturated heterocycles. The van der Waals surface area contributed by atoms with Crippen molar-refractivity contribution in [1.29, 1.82) is 0 Å². The molecule has 108 valence electrons. The maximum absolute atomic E-state index is 12.2. The van der Waals surface area contributed by atoms with Gasteiger partial charge in [0.2, 0.25) is 0 Å². The largest absolute Gasteiger partial charge is 0.495 e. The van der Waals surface area contributed by atoms with Gasteiger partial charge in [-0.05, 0) is 40.2 Å². The van der Waals surface area contributed by atoms with Crippen LogP contribution in [0.4, 0.5) is 5.69 Å². The average Bonchev–Trinajstić information content (AvgIpc) is 2.49. The van der Waals surface area contributed by atoms with E-state index in [-0.39, 0.29) is 11.1 Å². The van der Waals surface area contributed by atoms with Gasteiger partial charge < -0.3 is 15.2 Å². The lowest BCUT2D eigenvalue weighted by Crippen LogP contribution is -2.16. The molecule has 0 aliphatic rings. The summed E-state index contributed by atoms with van der Waals surface area (Å²) in [5.41, 5.74) is 0.575. The van der Waals surface area contributed by atoms with Gasteiger partial charge in [0, 0.05) is 11.8 Å². The number of hydrogen-bond acceptors (Lipinski definition) is 3. The number of carboxylic acid groups (broad SMARTS) is 1. The van der Waals surface area contributed by atoms with E-state index in [0.717, 1.165) is 4.47 Å². The molecule has 0 fully saturated rings. The average molecular weight is 350 g/mol. The van der Waals surface area contributed by atoms with Crippen molar-refractivity contribution in [2.24, 2.45) is 0 Å². The smallest absolute Gasteiger partial charge is 0.336 e. The fraction of sp³-hybridized carbons (Fsp3) is 0.0667. The van der Waals surface area contributed by atoms with Crippen molar-refractivity contribution < 1.29 is 19.4 Å². The van der Waals surface area contributed by atoms with Crippen molar-refractivity contribution in [2.75, 3.05) is 12.4 Å². The Morgan fingerprint density at radius 1 is 1.14 bits per heavy atom. The van der Waals surface area contributed by atoms with E-state index in [1.807, 2.05) is 0 Å². The van der Waals surface area contributed by atoms with Crippen LogP contribution in [0.3, 0.4) is 0 Å². The van der Waals surface area contributed by atoms with Gasteiger partial charge in [-0.2, -0.15) is 0 Å². The zero-order chi connectivity index (χ0) is 15.4. The molecule has 0 aliphatic carbocycles. The molecular formula is C15H12BrNO4. The molecule has 0 saturated carbocycles. The predicted octanol–water partition coefficient (Wildman–Crippen LogP) is 3.41. The van der Waals surface area contributed by atoms with E-state index in [9.17, 15) is 9.59 Å². The van der Waals surface area contributed by atoms with Gasteiger partial charge in [-0.15, -0.1) is 0 Å². The summed E-state index contributed by atoms with van der Waals surface area (Å²) in [6, 6.07) is 11.1. The van der Waals surface area contributed by atoms with Crippen molar-refractivity contribution in [3.63, 3.8) is 0 Å². The van der Waals surface area contributed by atoms with Gasteiger partial charge in [0.1, 0.15) is 5.75 Å². The van der Waals surface area contributed by atoms with E-state index in [1.54, 1.807) is 30.3 Å². The third kappa shape index (κ3) is 3.41. The van der Waals surface area contributed by atoms with E-state index in [1.165, 1.54) is 19.2 Å². The first-order valence-corrected chi connectivity index (χ1v) is 6.79. The zero-order valence-electron chi connectivity index (χ0n) is 11.1. The lowest BCUT2D eigenvalue weighted by molar-refractivity contribution is 0.0692.